The lowest BCUT2D eigenvalue weighted by Crippen LogP contribution is -1.92. The van der Waals surface area contributed by atoms with Crippen LogP contribution in [-0.4, -0.2) is 0 Å². The van der Waals surface area contributed by atoms with Crippen molar-refractivity contribution in [2.24, 2.45) is 5.73 Å². The number of benzene rings is 6. The van der Waals surface area contributed by atoms with Crippen LogP contribution in [0.3, 0.4) is 0 Å². The lowest BCUT2D eigenvalue weighted by Gasteiger charge is -2.19. The standard InChI is InChI=1S/C35H29N/c1-22-6-8-26(9-7-22)32-21-33(27-12-10-25(11-13-27)24(3)5-4-18-36)31-17-15-29-20-23(2)19-28-14-16-30(32)35(31)34(28)29/h4-21H,36H2,1-3H3/b18-4-,24-5+. The molecular weight excluding hydrogens is 434 g/mol. The van der Waals surface area contributed by atoms with E-state index in [9.17, 15) is 0 Å². The van der Waals surface area contributed by atoms with Crippen LogP contribution in [0, 0.1) is 13.8 Å². The van der Waals surface area contributed by atoms with E-state index in [4.69, 9.17) is 5.73 Å². The van der Waals surface area contributed by atoms with Gasteiger partial charge in [-0.1, -0.05) is 96.6 Å². The first-order valence-electron chi connectivity index (χ1n) is 12.5. The van der Waals surface area contributed by atoms with Crippen molar-refractivity contribution in [3.05, 3.63) is 126 Å². The first-order valence-corrected chi connectivity index (χ1v) is 12.5. The van der Waals surface area contributed by atoms with Gasteiger partial charge in [0.05, 0.1) is 0 Å². The maximum Gasteiger partial charge on any atom is -0.00143 e. The minimum absolute atomic E-state index is 1.19. The van der Waals surface area contributed by atoms with Crippen molar-refractivity contribution in [3.8, 4) is 22.3 Å². The molecule has 6 aromatic rings. The second kappa shape index (κ2) is 8.70. The van der Waals surface area contributed by atoms with E-state index < -0.39 is 0 Å². The molecule has 0 radical (unpaired) electrons. The zero-order chi connectivity index (χ0) is 24.8. The molecule has 0 heterocycles. The van der Waals surface area contributed by atoms with Crippen molar-refractivity contribution >= 4 is 37.9 Å². The number of hydrogen-bond acceptors (Lipinski definition) is 1. The summed E-state index contributed by atoms with van der Waals surface area (Å²) >= 11 is 0. The van der Waals surface area contributed by atoms with E-state index in [-0.39, 0.29) is 0 Å². The summed E-state index contributed by atoms with van der Waals surface area (Å²) in [6.07, 6.45) is 5.49. The van der Waals surface area contributed by atoms with Crippen molar-refractivity contribution in [2.75, 3.05) is 0 Å². The van der Waals surface area contributed by atoms with Gasteiger partial charge in [-0.15, -0.1) is 0 Å². The quantitative estimate of drug-likeness (QED) is 0.204. The van der Waals surface area contributed by atoms with Crippen LogP contribution in [0.25, 0.3) is 60.1 Å². The van der Waals surface area contributed by atoms with Gasteiger partial charge in [0, 0.05) is 0 Å². The summed E-state index contributed by atoms with van der Waals surface area (Å²) in [5.41, 5.74) is 15.5. The summed E-state index contributed by atoms with van der Waals surface area (Å²) in [6.45, 7) is 6.44. The van der Waals surface area contributed by atoms with Gasteiger partial charge in [-0.05, 0) is 110 Å². The highest BCUT2D eigenvalue weighted by atomic mass is 14.5. The largest absolute Gasteiger partial charge is 0.405 e. The Kier molecular flexibility index (Phi) is 5.34. The molecule has 36 heavy (non-hydrogen) atoms. The highest BCUT2D eigenvalue weighted by Gasteiger charge is 2.17. The Balaban J connectivity index is 1.66. The van der Waals surface area contributed by atoms with Crippen molar-refractivity contribution in [1.29, 1.82) is 0 Å². The van der Waals surface area contributed by atoms with Crippen molar-refractivity contribution < 1.29 is 0 Å². The molecule has 0 unspecified atom stereocenters. The minimum atomic E-state index is 1.19. The fourth-order valence-electron chi connectivity index (χ4n) is 5.49. The predicted octanol–water partition coefficient (Wildman–Crippen LogP) is 9.41. The monoisotopic (exact) mass is 463 g/mol. The van der Waals surface area contributed by atoms with E-state index >= 15 is 0 Å². The predicted molar refractivity (Wildman–Crippen MR) is 157 cm³/mol. The molecule has 0 amide bonds. The number of aryl methyl sites for hydroxylation is 2. The van der Waals surface area contributed by atoms with Crippen LogP contribution >= 0.6 is 0 Å². The van der Waals surface area contributed by atoms with Crippen LogP contribution in [0.15, 0.2) is 109 Å². The molecule has 6 rings (SSSR count). The molecule has 0 atom stereocenters. The summed E-state index contributed by atoms with van der Waals surface area (Å²) in [6, 6.07) is 34.0. The number of allylic oxidation sites excluding steroid dienone is 3. The Labute approximate surface area is 212 Å². The zero-order valence-electron chi connectivity index (χ0n) is 21.0. The fraction of sp³-hybridized carbons (Fsp3) is 0.0857. The van der Waals surface area contributed by atoms with Gasteiger partial charge in [0.1, 0.15) is 0 Å². The zero-order valence-corrected chi connectivity index (χ0v) is 21.0. The highest BCUT2D eigenvalue weighted by molar-refractivity contribution is 6.28. The van der Waals surface area contributed by atoms with E-state index in [1.807, 2.05) is 12.2 Å². The molecule has 0 saturated carbocycles. The Morgan fingerprint density at radius 1 is 0.611 bits per heavy atom. The van der Waals surface area contributed by atoms with E-state index in [1.165, 1.54) is 76.8 Å². The molecule has 2 N–H and O–H groups in total. The molecule has 0 aliphatic carbocycles. The SMILES string of the molecule is C/C(=C\C=C/N)c1ccc(-c2cc(-c3ccc(C)cc3)c3ccc4cc(C)cc5ccc2c3c45)cc1. The summed E-state index contributed by atoms with van der Waals surface area (Å²) in [5.74, 6) is 0. The third-order valence-corrected chi connectivity index (χ3v) is 7.33. The third-order valence-electron chi connectivity index (χ3n) is 7.33. The van der Waals surface area contributed by atoms with Crippen LogP contribution in [0.2, 0.25) is 0 Å². The molecule has 0 bridgehead atoms. The third kappa shape index (κ3) is 3.65. The Morgan fingerprint density at radius 3 is 1.72 bits per heavy atom. The average Bonchev–Trinajstić information content (AvgIpc) is 2.90. The van der Waals surface area contributed by atoms with E-state index in [1.54, 1.807) is 6.20 Å². The number of nitrogens with two attached hydrogens (primary N) is 1. The van der Waals surface area contributed by atoms with Crippen molar-refractivity contribution in [1.82, 2.24) is 0 Å². The maximum atomic E-state index is 5.52. The molecule has 0 aliphatic rings. The summed E-state index contributed by atoms with van der Waals surface area (Å²) in [4.78, 5) is 0. The molecule has 1 nitrogen and oxygen atoms in total. The minimum Gasteiger partial charge on any atom is -0.405 e. The van der Waals surface area contributed by atoms with Crippen LogP contribution in [-0.2, 0) is 0 Å². The average molecular weight is 464 g/mol. The topological polar surface area (TPSA) is 26.0 Å². The summed E-state index contributed by atoms with van der Waals surface area (Å²) in [5, 5.41) is 7.93. The van der Waals surface area contributed by atoms with Gasteiger partial charge in [0.15, 0.2) is 0 Å². The lowest BCUT2D eigenvalue weighted by atomic mass is 9.85. The van der Waals surface area contributed by atoms with Crippen LogP contribution in [0.5, 0.6) is 0 Å². The van der Waals surface area contributed by atoms with Crippen LogP contribution in [0.1, 0.15) is 23.6 Å². The van der Waals surface area contributed by atoms with E-state index in [0.29, 0.717) is 0 Å². The molecule has 0 aliphatic heterocycles. The van der Waals surface area contributed by atoms with E-state index in [0.717, 1.165) is 0 Å². The molecule has 0 fully saturated rings. The Morgan fingerprint density at radius 2 is 1.17 bits per heavy atom. The molecule has 174 valence electrons. The van der Waals surface area contributed by atoms with Crippen LogP contribution in [0.4, 0.5) is 0 Å². The van der Waals surface area contributed by atoms with Gasteiger partial charge in [0.25, 0.3) is 0 Å². The molecule has 0 saturated heterocycles. The summed E-state index contributed by atoms with van der Waals surface area (Å²) < 4.78 is 0. The normalized spacial score (nSPS) is 12.5. The molecule has 0 aromatic heterocycles. The highest BCUT2D eigenvalue weighted by Crippen LogP contribution is 2.44. The molecule has 1 heteroatoms. The second-order valence-corrected chi connectivity index (χ2v) is 9.84. The van der Waals surface area contributed by atoms with Gasteiger partial charge in [-0.25, -0.2) is 0 Å². The smallest absolute Gasteiger partial charge is 0.00143 e. The van der Waals surface area contributed by atoms with Gasteiger partial charge < -0.3 is 5.73 Å². The van der Waals surface area contributed by atoms with Gasteiger partial charge >= 0.3 is 0 Å². The number of rotatable bonds is 4. The fourth-order valence-corrected chi connectivity index (χ4v) is 5.49. The Bertz CT molecular complexity index is 1760. The first kappa shape index (κ1) is 22.1. The van der Waals surface area contributed by atoms with Crippen molar-refractivity contribution in [2.45, 2.75) is 20.8 Å². The molecular formula is C35H29N. The van der Waals surface area contributed by atoms with Crippen LogP contribution < -0.4 is 5.73 Å². The molecule has 6 aromatic carbocycles. The van der Waals surface area contributed by atoms with E-state index in [2.05, 4.69) is 112 Å². The second-order valence-electron chi connectivity index (χ2n) is 9.84. The lowest BCUT2D eigenvalue weighted by molar-refractivity contribution is 1.47. The van der Waals surface area contributed by atoms with Crippen molar-refractivity contribution in [3.63, 3.8) is 0 Å². The van der Waals surface area contributed by atoms with Gasteiger partial charge in [-0.3, -0.25) is 0 Å². The Hall–Kier alpha value is -4.36. The summed E-state index contributed by atoms with van der Waals surface area (Å²) in [7, 11) is 0. The van der Waals surface area contributed by atoms with Gasteiger partial charge in [0.2, 0.25) is 0 Å². The number of hydrogen-bond donors (Lipinski definition) is 1. The van der Waals surface area contributed by atoms with Gasteiger partial charge in [-0.2, -0.15) is 0 Å². The maximum absolute atomic E-state index is 5.52. The first-order chi connectivity index (χ1) is 17.5. The molecule has 0 spiro atoms.